The molecule has 0 spiro atoms. The van der Waals surface area contributed by atoms with E-state index in [1.165, 1.54) is 61.6 Å². The number of aromatic carboxylic acids is 1. The maximum atomic E-state index is 11.3. The van der Waals surface area contributed by atoms with E-state index in [2.05, 4.69) is 37.3 Å². The Morgan fingerprint density at radius 1 is 0.929 bits per heavy atom. The van der Waals surface area contributed by atoms with Crippen molar-refractivity contribution in [3.8, 4) is 0 Å². The van der Waals surface area contributed by atoms with Crippen molar-refractivity contribution < 1.29 is 9.90 Å². The van der Waals surface area contributed by atoms with Gasteiger partial charge in [-0.05, 0) is 91.5 Å². The van der Waals surface area contributed by atoms with Gasteiger partial charge in [0, 0.05) is 0 Å². The molecule has 28 heavy (non-hydrogen) atoms. The summed E-state index contributed by atoms with van der Waals surface area (Å²) in [6, 6.07) is 15.2. The first-order chi connectivity index (χ1) is 13.6. The summed E-state index contributed by atoms with van der Waals surface area (Å²) in [5, 5.41) is 9.28. The molecule has 0 saturated heterocycles. The number of carboxylic acid groups (broad SMARTS) is 1. The Kier molecular flexibility index (Phi) is 7.30. The predicted molar refractivity (Wildman–Crippen MR) is 116 cm³/mol. The Bertz CT molecular complexity index is 768. The lowest BCUT2D eigenvalue weighted by Gasteiger charge is -2.29. The first-order valence-electron chi connectivity index (χ1n) is 11.0. The summed E-state index contributed by atoms with van der Waals surface area (Å²) in [5.41, 5.74) is 5.68. The van der Waals surface area contributed by atoms with Crippen LogP contribution in [0.3, 0.4) is 0 Å². The molecule has 2 heteroatoms. The van der Waals surface area contributed by atoms with Crippen molar-refractivity contribution in [3.63, 3.8) is 0 Å². The van der Waals surface area contributed by atoms with Crippen molar-refractivity contribution in [1.29, 1.82) is 0 Å². The second kappa shape index (κ2) is 9.91. The highest BCUT2D eigenvalue weighted by Crippen LogP contribution is 2.37. The number of carboxylic acids is 1. The number of carbonyl (C=O) groups is 1. The van der Waals surface area contributed by atoms with Crippen LogP contribution in [0.2, 0.25) is 0 Å². The van der Waals surface area contributed by atoms with Crippen LogP contribution in [0.1, 0.15) is 90.9 Å². The SMILES string of the molecule is CCCc1ccc(C2CCC(CCc3ccc(C(=O)O)c(CC)c3)CC2)cc1. The molecular weight excluding hydrogens is 344 g/mol. The highest BCUT2D eigenvalue weighted by atomic mass is 16.4. The third-order valence-electron chi connectivity index (χ3n) is 6.46. The van der Waals surface area contributed by atoms with Gasteiger partial charge in [0.2, 0.25) is 0 Å². The maximum Gasteiger partial charge on any atom is 0.335 e. The minimum atomic E-state index is -0.815. The molecule has 0 unspecified atom stereocenters. The molecule has 0 aliphatic heterocycles. The summed E-state index contributed by atoms with van der Waals surface area (Å²) in [6.45, 7) is 4.26. The average Bonchev–Trinajstić information content (AvgIpc) is 2.73. The molecule has 0 heterocycles. The van der Waals surface area contributed by atoms with Crippen molar-refractivity contribution in [2.45, 2.75) is 77.6 Å². The molecule has 0 atom stereocenters. The Morgan fingerprint density at radius 3 is 2.21 bits per heavy atom. The zero-order valence-electron chi connectivity index (χ0n) is 17.4. The van der Waals surface area contributed by atoms with Crippen LogP contribution in [0.25, 0.3) is 0 Å². The molecule has 2 aromatic rings. The first kappa shape index (κ1) is 20.6. The van der Waals surface area contributed by atoms with Crippen LogP contribution in [0.4, 0.5) is 0 Å². The molecule has 1 aliphatic carbocycles. The van der Waals surface area contributed by atoms with E-state index in [1.807, 2.05) is 13.0 Å². The van der Waals surface area contributed by atoms with Crippen LogP contribution in [0.15, 0.2) is 42.5 Å². The summed E-state index contributed by atoms with van der Waals surface area (Å²) in [4.78, 5) is 11.3. The van der Waals surface area contributed by atoms with Gasteiger partial charge in [-0.1, -0.05) is 56.7 Å². The van der Waals surface area contributed by atoms with E-state index in [0.29, 0.717) is 5.56 Å². The molecular formula is C26H34O2. The highest BCUT2D eigenvalue weighted by Gasteiger charge is 2.22. The summed E-state index contributed by atoms with van der Waals surface area (Å²) >= 11 is 0. The number of aryl methyl sites for hydroxylation is 3. The molecule has 150 valence electrons. The second-order valence-corrected chi connectivity index (χ2v) is 8.40. The van der Waals surface area contributed by atoms with Gasteiger partial charge in [-0.2, -0.15) is 0 Å². The van der Waals surface area contributed by atoms with E-state index in [4.69, 9.17) is 0 Å². The Hall–Kier alpha value is -2.09. The van der Waals surface area contributed by atoms with Crippen molar-refractivity contribution in [1.82, 2.24) is 0 Å². The molecule has 1 fully saturated rings. The summed E-state index contributed by atoms with van der Waals surface area (Å²) < 4.78 is 0. The van der Waals surface area contributed by atoms with Crippen LogP contribution in [-0.2, 0) is 19.3 Å². The van der Waals surface area contributed by atoms with E-state index in [9.17, 15) is 9.90 Å². The normalized spacial score (nSPS) is 19.5. The van der Waals surface area contributed by atoms with Gasteiger partial charge in [-0.3, -0.25) is 0 Å². The fourth-order valence-corrected chi connectivity index (χ4v) is 4.70. The summed E-state index contributed by atoms with van der Waals surface area (Å²) in [5.74, 6) is 0.720. The van der Waals surface area contributed by atoms with Gasteiger partial charge in [0.25, 0.3) is 0 Å². The van der Waals surface area contributed by atoms with Crippen LogP contribution in [0.5, 0.6) is 0 Å². The van der Waals surface area contributed by atoms with Gasteiger partial charge in [-0.15, -0.1) is 0 Å². The summed E-state index contributed by atoms with van der Waals surface area (Å²) in [7, 11) is 0. The molecule has 1 N–H and O–H groups in total. The molecule has 3 rings (SSSR count). The van der Waals surface area contributed by atoms with E-state index in [0.717, 1.165) is 30.2 Å². The van der Waals surface area contributed by atoms with Gasteiger partial charge >= 0.3 is 5.97 Å². The molecule has 0 amide bonds. The van der Waals surface area contributed by atoms with Gasteiger partial charge < -0.3 is 5.11 Å². The average molecular weight is 379 g/mol. The fourth-order valence-electron chi connectivity index (χ4n) is 4.70. The topological polar surface area (TPSA) is 37.3 Å². The molecule has 1 aliphatic rings. The van der Waals surface area contributed by atoms with Crippen molar-refractivity contribution in [2.24, 2.45) is 5.92 Å². The van der Waals surface area contributed by atoms with Gasteiger partial charge in [0.05, 0.1) is 5.56 Å². The lowest BCUT2D eigenvalue weighted by molar-refractivity contribution is 0.0695. The smallest absolute Gasteiger partial charge is 0.335 e. The van der Waals surface area contributed by atoms with Crippen LogP contribution in [0, 0.1) is 5.92 Å². The largest absolute Gasteiger partial charge is 0.478 e. The Balaban J connectivity index is 1.50. The zero-order chi connectivity index (χ0) is 19.9. The maximum absolute atomic E-state index is 11.3. The third kappa shape index (κ3) is 5.25. The minimum Gasteiger partial charge on any atom is -0.478 e. The Labute approximate surface area is 170 Å². The molecule has 0 aromatic heterocycles. The molecule has 2 aromatic carbocycles. The van der Waals surface area contributed by atoms with Crippen LogP contribution >= 0.6 is 0 Å². The molecule has 1 saturated carbocycles. The number of benzene rings is 2. The quantitative estimate of drug-likeness (QED) is 0.548. The number of hydrogen-bond acceptors (Lipinski definition) is 1. The van der Waals surface area contributed by atoms with Crippen LogP contribution in [-0.4, -0.2) is 11.1 Å². The minimum absolute atomic E-state index is 0.455. The predicted octanol–water partition coefficient (Wildman–Crippen LogP) is 6.81. The standard InChI is InChI=1S/C26H34O2/c1-3-5-19-8-13-23(14-9-19)24-15-10-20(11-16-24)6-7-21-12-17-25(26(27)28)22(4-2)18-21/h8-9,12-14,17-18,20,24H,3-7,10-11,15-16H2,1-2H3,(H,27,28). The van der Waals surface area contributed by atoms with Gasteiger partial charge in [0.15, 0.2) is 0 Å². The van der Waals surface area contributed by atoms with E-state index in [-0.39, 0.29) is 0 Å². The monoisotopic (exact) mass is 378 g/mol. The van der Waals surface area contributed by atoms with E-state index >= 15 is 0 Å². The fraction of sp³-hybridized carbons (Fsp3) is 0.500. The Morgan fingerprint density at radius 2 is 1.61 bits per heavy atom. The van der Waals surface area contributed by atoms with Crippen molar-refractivity contribution in [3.05, 3.63) is 70.3 Å². The zero-order valence-corrected chi connectivity index (χ0v) is 17.4. The van der Waals surface area contributed by atoms with Crippen molar-refractivity contribution >= 4 is 5.97 Å². The number of rotatable bonds is 8. The van der Waals surface area contributed by atoms with E-state index < -0.39 is 5.97 Å². The lowest BCUT2D eigenvalue weighted by atomic mass is 9.76. The molecule has 0 bridgehead atoms. The second-order valence-electron chi connectivity index (χ2n) is 8.40. The van der Waals surface area contributed by atoms with Crippen molar-refractivity contribution in [2.75, 3.05) is 0 Å². The first-order valence-corrected chi connectivity index (χ1v) is 11.0. The third-order valence-corrected chi connectivity index (χ3v) is 6.46. The van der Waals surface area contributed by atoms with Crippen LogP contribution < -0.4 is 0 Å². The molecule has 0 radical (unpaired) electrons. The summed E-state index contributed by atoms with van der Waals surface area (Å²) in [6.07, 6.45) is 10.7. The van der Waals surface area contributed by atoms with Gasteiger partial charge in [-0.25, -0.2) is 4.79 Å². The highest BCUT2D eigenvalue weighted by molar-refractivity contribution is 5.89. The lowest BCUT2D eigenvalue weighted by Crippen LogP contribution is -2.14. The van der Waals surface area contributed by atoms with Gasteiger partial charge in [0.1, 0.15) is 0 Å². The number of hydrogen-bond donors (Lipinski definition) is 1. The van der Waals surface area contributed by atoms with E-state index in [1.54, 1.807) is 6.07 Å². The molecule has 2 nitrogen and oxygen atoms in total.